The van der Waals surface area contributed by atoms with Crippen molar-refractivity contribution in [2.24, 2.45) is 0 Å². The lowest BCUT2D eigenvalue weighted by molar-refractivity contribution is -0.117. The summed E-state index contributed by atoms with van der Waals surface area (Å²) >= 11 is 0. The van der Waals surface area contributed by atoms with E-state index in [1.54, 1.807) is 7.11 Å². The molecule has 1 unspecified atom stereocenters. The lowest BCUT2D eigenvalue weighted by atomic mass is 10.2. The summed E-state index contributed by atoms with van der Waals surface area (Å²) in [6.45, 7) is 0.931. The fourth-order valence-electron chi connectivity index (χ4n) is 1.81. The molecule has 1 amide bonds. The third-order valence-corrected chi connectivity index (χ3v) is 2.73. The average Bonchev–Trinajstić information content (AvgIpc) is 2.83. The van der Waals surface area contributed by atoms with E-state index in [-0.39, 0.29) is 11.9 Å². The Balaban J connectivity index is 1.94. The summed E-state index contributed by atoms with van der Waals surface area (Å²) in [7, 11) is 1.62. The highest BCUT2D eigenvalue weighted by molar-refractivity contribution is 5.95. The zero-order valence-electron chi connectivity index (χ0n) is 9.32. The third kappa shape index (κ3) is 2.52. The first-order chi connectivity index (χ1) is 7.79. The molecule has 1 saturated heterocycles. The first-order valence-electron chi connectivity index (χ1n) is 5.48. The number of hydrogen-bond donors (Lipinski definition) is 2. The second-order valence-corrected chi connectivity index (χ2v) is 3.87. The number of ether oxygens (including phenoxy) is 1. The highest BCUT2D eigenvalue weighted by atomic mass is 16.5. The molecule has 1 heterocycles. The van der Waals surface area contributed by atoms with Gasteiger partial charge in [-0.05, 0) is 43.7 Å². The van der Waals surface area contributed by atoms with Crippen LogP contribution in [0.4, 0.5) is 5.69 Å². The largest absolute Gasteiger partial charge is 0.497 e. The van der Waals surface area contributed by atoms with Crippen LogP contribution in [0.15, 0.2) is 24.3 Å². The third-order valence-electron chi connectivity index (χ3n) is 2.73. The van der Waals surface area contributed by atoms with Gasteiger partial charge in [-0.1, -0.05) is 0 Å². The molecule has 86 valence electrons. The zero-order valence-corrected chi connectivity index (χ0v) is 9.32. The number of nitrogens with one attached hydrogen (secondary N) is 2. The van der Waals surface area contributed by atoms with Crippen molar-refractivity contribution >= 4 is 11.6 Å². The Morgan fingerprint density at radius 3 is 2.75 bits per heavy atom. The van der Waals surface area contributed by atoms with Crippen molar-refractivity contribution < 1.29 is 9.53 Å². The minimum absolute atomic E-state index is 0.0397. The highest BCUT2D eigenvalue weighted by Gasteiger charge is 2.21. The van der Waals surface area contributed by atoms with Crippen LogP contribution in [0.2, 0.25) is 0 Å². The molecule has 1 aromatic carbocycles. The summed E-state index contributed by atoms with van der Waals surface area (Å²) in [6.07, 6.45) is 1.99. The van der Waals surface area contributed by atoms with Crippen LogP contribution < -0.4 is 15.4 Å². The van der Waals surface area contributed by atoms with Crippen LogP contribution in [0.5, 0.6) is 5.75 Å². The molecule has 0 radical (unpaired) electrons. The van der Waals surface area contributed by atoms with Crippen molar-refractivity contribution in [3.05, 3.63) is 24.3 Å². The lowest BCUT2D eigenvalue weighted by Gasteiger charge is -2.11. The minimum atomic E-state index is -0.0397. The van der Waals surface area contributed by atoms with E-state index in [1.807, 2.05) is 24.3 Å². The molecule has 1 aliphatic rings. The molecule has 0 bridgehead atoms. The standard InChI is InChI=1S/C12H16N2O2/c1-16-10-6-4-9(5-7-10)14-12(15)11-3-2-8-13-11/h4-7,11,13H,2-3,8H2,1H3,(H,14,15). The molecule has 1 fully saturated rings. The van der Waals surface area contributed by atoms with Crippen molar-refractivity contribution in [1.82, 2.24) is 5.32 Å². The van der Waals surface area contributed by atoms with Crippen molar-refractivity contribution in [3.63, 3.8) is 0 Å². The van der Waals surface area contributed by atoms with Crippen LogP contribution in [-0.4, -0.2) is 25.6 Å². The molecule has 0 saturated carbocycles. The normalized spacial score (nSPS) is 19.4. The molecule has 1 aliphatic heterocycles. The summed E-state index contributed by atoms with van der Waals surface area (Å²) in [5.41, 5.74) is 0.805. The number of rotatable bonds is 3. The molecule has 4 heteroatoms. The molecule has 2 rings (SSSR count). The van der Waals surface area contributed by atoms with Crippen molar-refractivity contribution in [1.29, 1.82) is 0 Å². The number of methoxy groups -OCH3 is 1. The molecule has 4 nitrogen and oxygen atoms in total. The van der Waals surface area contributed by atoms with Gasteiger partial charge in [-0.2, -0.15) is 0 Å². The van der Waals surface area contributed by atoms with Gasteiger partial charge in [0.05, 0.1) is 13.2 Å². The Bertz CT molecular complexity index is 356. The van der Waals surface area contributed by atoms with E-state index in [1.165, 1.54) is 0 Å². The van der Waals surface area contributed by atoms with Gasteiger partial charge in [0.2, 0.25) is 5.91 Å². The van der Waals surface area contributed by atoms with Gasteiger partial charge >= 0.3 is 0 Å². The van der Waals surface area contributed by atoms with E-state index in [0.29, 0.717) is 0 Å². The molecule has 0 spiro atoms. The molecule has 16 heavy (non-hydrogen) atoms. The molecule has 1 aromatic rings. The van der Waals surface area contributed by atoms with E-state index in [0.717, 1.165) is 30.8 Å². The summed E-state index contributed by atoms with van der Waals surface area (Å²) in [4.78, 5) is 11.8. The maximum absolute atomic E-state index is 11.8. The minimum Gasteiger partial charge on any atom is -0.497 e. The van der Waals surface area contributed by atoms with Crippen LogP contribution in [0, 0.1) is 0 Å². The number of hydrogen-bond acceptors (Lipinski definition) is 3. The Labute approximate surface area is 95.0 Å². The van der Waals surface area contributed by atoms with Crippen molar-refractivity contribution in [2.75, 3.05) is 19.0 Å². The summed E-state index contributed by atoms with van der Waals surface area (Å²) in [5, 5.41) is 6.04. The van der Waals surface area contributed by atoms with Crippen LogP contribution in [0.25, 0.3) is 0 Å². The first-order valence-corrected chi connectivity index (χ1v) is 5.48. The first kappa shape index (κ1) is 11.0. The van der Waals surface area contributed by atoms with Gasteiger partial charge in [0, 0.05) is 5.69 Å². The summed E-state index contributed by atoms with van der Waals surface area (Å²) < 4.78 is 5.05. The molecule has 0 aromatic heterocycles. The van der Waals surface area contributed by atoms with Gasteiger partial charge in [0.15, 0.2) is 0 Å². The zero-order chi connectivity index (χ0) is 11.4. The van der Waals surface area contributed by atoms with E-state index in [9.17, 15) is 4.79 Å². The fraction of sp³-hybridized carbons (Fsp3) is 0.417. The Morgan fingerprint density at radius 1 is 1.44 bits per heavy atom. The maximum atomic E-state index is 11.8. The SMILES string of the molecule is COc1ccc(NC(=O)C2CCCN2)cc1. The number of carbonyl (C=O) groups excluding carboxylic acids is 1. The van der Waals surface area contributed by atoms with Gasteiger partial charge in [0.1, 0.15) is 5.75 Å². The fourth-order valence-corrected chi connectivity index (χ4v) is 1.81. The van der Waals surface area contributed by atoms with Crippen LogP contribution in [0.3, 0.4) is 0 Å². The van der Waals surface area contributed by atoms with E-state index in [4.69, 9.17) is 4.74 Å². The molecule has 0 aliphatic carbocycles. The number of carbonyl (C=O) groups is 1. The number of benzene rings is 1. The second-order valence-electron chi connectivity index (χ2n) is 3.87. The monoisotopic (exact) mass is 220 g/mol. The van der Waals surface area contributed by atoms with Gasteiger partial charge in [-0.15, -0.1) is 0 Å². The lowest BCUT2D eigenvalue weighted by Crippen LogP contribution is -2.35. The van der Waals surface area contributed by atoms with Crippen LogP contribution in [-0.2, 0) is 4.79 Å². The van der Waals surface area contributed by atoms with Gasteiger partial charge in [0.25, 0.3) is 0 Å². The maximum Gasteiger partial charge on any atom is 0.241 e. The summed E-state index contributed by atoms with van der Waals surface area (Å²) in [5.74, 6) is 0.833. The molecule has 2 N–H and O–H groups in total. The van der Waals surface area contributed by atoms with Gasteiger partial charge < -0.3 is 15.4 Å². The Morgan fingerprint density at radius 2 is 2.19 bits per heavy atom. The van der Waals surface area contributed by atoms with E-state index < -0.39 is 0 Å². The average molecular weight is 220 g/mol. The predicted molar refractivity (Wildman–Crippen MR) is 62.6 cm³/mol. The Hall–Kier alpha value is -1.55. The number of amides is 1. The number of anilines is 1. The quantitative estimate of drug-likeness (QED) is 0.809. The van der Waals surface area contributed by atoms with Crippen LogP contribution in [0.1, 0.15) is 12.8 Å². The Kier molecular flexibility index (Phi) is 3.41. The molecule has 1 atom stereocenters. The molecular formula is C12H16N2O2. The van der Waals surface area contributed by atoms with Crippen molar-refractivity contribution in [3.8, 4) is 5.75 Å². The van der Waals surface area contributed by atoms with Gasteiger partial charge in [-0.3, -0.25) is 4.79 Å². The van der Waals surface area contributed by atoms with Crippen molar-refractivity contribution in [2.45, 2.75) is 18.9 Å². The second kappa shape index (κ2) is 4.99. The van der Waals surface area contributed by atoms with Gasteiger partial charge in [-0.25, -0.2) is 0 Å². The summed E-state index contributed by atoms with van der Waals surface area (Å²) in [6, 6.07) is 7.30. The molecular weight excluding hydrogens is 204 g/mol. The predicted octanol–water partition coefficient (Wildman–Crippen LogP) is 1.39. The van der Waals surface area contributed by atoms with E-state index in [2.05, 4.69) is 10.6 Å². The smallest absolute Gasteiger partial charge is 0.241 e. The van der Waals surface area contributed by atoms with E-state index >= 15 is 0 Å². The van der Waals surface area contributed by atoms with Crippen LogP contribution >= 0.6 is 0 Å². The topological polar surface area (TPSA) is 50.4 Å². The highest BCUT2D eigenvalue weighted by Crippen LogP contribution is 2.16.